The largest absolute Gasteiger partial charge is 0.492 e. The Balaban J connectivity index is 1.95. The van der Waals surface area contributed by atoms with Crippen molar-refractivity contribution < 1.29 is 4.74 Å². The molecule has 0 fully saturated rings. The molecule has 1 heterocycles. The van der Waals surface area contributed by atoms with E-state index in [9.17, 15) is 9.59 Å². The molecule has 0 amide bonds. The van der Waals surface area contributed by atoms with E-state index in [1.165, 1.54) is 16.8 Å². The summed E-state index contributed by atoms with van der Waals surface area (Å²) in [5.74, 6) is 0.723. The van der Waals surface area contributed by atoms with Gasteiger partial charge in [0, 0.05) is 12.3 Å². The maximum absolute atomic E-state index is 11.3. The van der Waals surface area contributed by atoms with Gasteiger partial charge in [-0.1, -0.05) is 12.1 Å². The third-order valence-electron chi connectivity index (χ3n) is 2.19. The Morgan fingerprint density at radius 3 is 2.71 bits per heavy atom. The Hall–Kier alpha value is -2.30. The Morgan fingerprint density at radius 1 is 1.24 bits per heavy atom. The molecule has 0 unspecified atom stereocenters. The number of aromatic nitrogens is 2. The van der Waals surface area contributed by atoms with Gasteiger partial charge < -0.3 is 4.74 Å². The molecule has 0 atom stereocenters. The minimum atomic E-state index is -0.428. The van der Waals surface area contributed by atoms with Gasteiger partial charge in [-0.25, -0.2) is 4.79 Å². The molecule has 0 bridgehead atoms. The Morgan fingerprint density at radius 2 is 2.00 bits per heavy atom. The fourth-order valence-electron chi connectivity index (χ4n) is 1.35. The van der Waals surface area contributed by atoms with Crippen LogP contribution in [-0.4, -0.2) is 16.2 Å². The molecule has 1 N–H and O–H groups in total. The molecule has 5 nitrogen and oxygen atoms in total. The Kier molecular flexibility index (Phi) is 3.40. The maximum atomic E-state index is 11.3. The first kappa shape index (κ1) is 11.2. The van der Waals surface area contributed by atoms with E-state index in [1.54, 1.807) is 24.3 Å². The average Bonchev–Trinajstić information content (AvgIpc) is 2.33. The molecule has 1 aromatic carbocycles. The van der Waals surface area contributed by atoms with E-state index in [1.807, 2.05) is 0 Å². The molecule has 17 heavy (non-hydrogen) atoms. The first-order valence-corrected chi connectivity index (χ1v) is 5.14. The average molecular weight is 231 g/mol. The highest BCUT2D eigenvalue weighted by Crippen LogP contribution is 2.07. The second kappa shape index (κ2) is 5.16. The van der Waals surface area contributed by atoms with Crippen LogP contribution in [-0.2, 0) is 6.54 Å². The van der Waals surface area contributed by atoms with Crippen molar-refractivity contribution in [3.8, 4) is 5.75 Å². The fraction of sp³-hybridized carbons (Fsp3) is 0.167. The van der Waals surface area contributed by atoms with Crippen LogP contribution >= 0.6 is 0 Å². The van der Waals surface area contributed by atoms with Crippen molar-refractivity contribution in [1.29, 1.82) is 0 Å². The van der Waals surface area contributed by atoms with Crippen LogP contribution in [0.2, 0.25) is 0 Å². The van der Waals surface area contributed by atoms with Crippen molar-refractivity contribution in [3.05, 3.63) is 63.4 Å². The molecule has 2 rings (SSSR count). The standard InChI is InChI=1S/C12H11N2O3/c15-11-6-7-14(12(16)13-11)8-9-17-10-4-2-1-3-5-10/h2-7H,8-9H2,(H,13,15,16). The third-order valence-corrected chi connectivity index (χ3v) is 2.19. The molecule has 87 valence electrons. The van der Waals surface area contributed by atoms with Crippen molar-refractivity contribution in [1.82, 2.24) is 9.55 Å². The van der Waals surface area contributed by atoms with Gasteiger partial charge in [0.05, 0.1) is 6.54 Å². The van der Waals surface area contributed by atoms with Crippen molar-refractivity contribution in [3.63, 3.8) is 0 Å². The molecule has 1 radical (unpaired) electrons. The van der Waals surface area contributed by atoms with Gasteiger partial charge in [-0.15, -0.1) is 0 Å². The lowest BCUT2D eigenvalue weighted by Gasteiger charge is -2.07. The van der Waals surface area contributed by atoms with Crippen molar-refractivity contribution in [2.45, 2.75) is 6.54 Å². The van der Waals surface area contributed by atoms with Gasteiger partial charge in [-0.05, 0) is 18.2 Å². The van der Waals surface area contributed by atoms with E-state index >= 15 is 0 Å². The van der Waals surface area contributed by atoms with Gasteiger partial charge in [0.25, 0.3) is 5.56 Å². The molecule has 5 heteroatoms. The minimum Gasteiger partial charge on any atom is -0.492 e. The van der Waals surface area contributed by atoms with Crippen molar-refractivity contribution >= 4 is 0 Å². The molecule has 1 aromatic heterocycles. The summed E-state index contributed by atoms with van der Waals surface area (Å²) in [4.78, 5) is 24.3. The first-order chi connectivity index (χ1) is 8.25. The van der Waals surface area contributed by atoms with Crippen LogP contribution in [0.3, 0.4) is 0 Å². The Bertz CT molecular complexity index is 586. The van der Waals surface area contributed by atoms with Crippen molar-refractivity contribution in [2.24, 2.45) is 0 Å². The van der Waals surface area contributed by atoms with E-state index < -0.39 is 11.2 Å². The van der Waals surface area contributed by atoms with Crippen LogP contribution in [0.25, 0.3) is 0 Å². The number of ether oxygens (including phenoxy) is 1. The second-order valence-electron chi connectivity index (χ2n) is 3.39. The number of hydrogen-bond donors (Lipinski definition) is 1. The summed E-state index contributed by atoms with van der Waals surface area (Å²) in [5, 5.41) is 0. The highest BCUT2D eigenvalue weighted by molar-refractivity contribution is 5.20. The summed E-state index contributed by atoms with van der Waals surface area (Å²) >= 11 is 0. The lowest BCUT2D eigenvalue weighted by molar-refractivity contribution is 0.295. The van der Waals surface area contributed by atoms with Gasteiger partial charge in [-0.3, -0.25) is 14.3 Å². The number of benzene rings is 1. The highest BCUT2D eigenvalue weighted by Gasteiger charge is 1.97. The predicted octanol–water partition coefficient (Wildman–Crippen LogP) is 0.416. The normalized spacial score (nSPS) is 10.1. The molecule has 0 saturated heterocycles. The fourth-order valence-corrected chi connectivity index (χ4v) is 1.35. The molecule has 0 aliphatic carbocycles. The number of hydrogen-bond acceptors (Lipinski definition) is 3. The van der Waals surface area contributed by atoms with E-state index in [4.69, 9.17) is 4.74 Å². The zero-order chi connectivity index (χ0) is 12.1. The third kappa shape index (κ3) is 3.07. The van der Waals surface area contributed by atoms with E-state index in [0.717, 1.165) is 5.75 Å². The highest BCUT2D eigenvalue weighted by atomic mass is 16.5. The summed E-state index contributed by atoms with van der Waals surface area (Å²) in [7, 11) is 0. The molecular formula is C12H11N2O3. The summed E-state index contributed by atoms with van der Waals surface area (Å²) in [6.07, 6.45) is 1.45. The molecule has 0 saturated carbocycles. The topological polar surface area (TPSA) is 64.1 Å². The van der Waals surface area contributed by atoms with Gasteiger partial charge in [-0.2, -0.15) is 0 Å². The first-order valence-electron chi connectivity index (χ1n) is 5.14. The molecule has 2 aromatic rings. The number of aromatic amines is 1. The molecule has 0 aliphatic rings. The van der Waals surface area contributed by atoms with E-state index in [2.05, 4.69) is 11.1 Å². The quantitative estimate of drug-likeness (QED) is 0.829. The Labute approximate surface area is 97.3 Å². The summed E-state index contributed by atoms with van der Waals surface area (Å²) in [6.45, 7) is 0.740. The predicted molar refractivity (Wildman–Crippen MR) is 62.1 cm³/mol. The van der Waals surface area contributed by atoms with Crippen LogP contribution in [0, 0.1) is 6.07 Å². The minimum absolute atomic E-state index is 0.357. The van der Waals surface area contributed by atoms with Crippen LogP contribution < -0.4 is 16.0 Å². The van der Waals surface area contributed by atoms with Crippen LogP contribution in [0.15, 0.2) is 46.1 Å². The summed E-state index contributed by atoms with van der Waals surface area (Å²) in [5.41, 5.74) is -0.826. The lowest BCUT2D eigenvalue weighted by atomic mass is 10.3. The van der Waals surface area contributed by atoms with E-state index in [0.29, 0.717) is 13.2 Å². The SMILES string of the molecule is O=c1ccn(CCOc2cc[c]cc2)c(=O)[nH]1. The van der Waals surface area contributed by atoms with Gasteiger partial charge in [0.15, 0.2) is 0 Å². The van der Waals surface area contributed by atoms with Crippen molar-refractivity contribution in [2.75, 3.05) is 6.61 Å². The van der Waals surface area contributed by atoms with Gasteiger partial charge in [0.1, 0.15) is 12.4 Å². The van der Waals surface area contributed by atoms with Crippen LogP contribution in [0.1, 0.15) is 0 Å². The van der Waals surface area contributed by atoms with Crippen LogP contribution in [0.5, 0.6) is 5.75 Å². The second-order valence-corrected chi connectivity index (χ2v) is 3.39. The molecule has 0 aliphatic heterocycles. The van der Waals surface area contributed by atoms with Gasteiger partial charge in [0.2, 0.25) is 0 Å². The summed E-state index contributed by atoms with van der Waals surface area (Å²) < 4.78 is 6.81. The number of H-pyrrole nitrogens is 1. The lowest BCUT2D eigenvalue weighted by Crippen LogP contribution is -2.30. The zero-order valence-electron chi connectivity index (χ0n) is 9.05. The maximum Gasteiger partial charge on any atom is 0.328 e. The monoisotopic (exact) mass is 231 g/mol. The summed E-state index contributed by atoms with van der Waals surface area (Å²) in [6, 6.07) is 11.3. The number of nitrogens with one attached hydrogen (secondary N) is 1. The van der Waals surface area contributed by atoms with Gasteiger partial charge >= 0.3 is 5.69 Å². The number of rotatable bonds is 4. The number of nitrogens with zero attached hydrogens (tertiary/aromatic N) is 1. The van der Waals surface area contributed by atoms with Crippen LogP contribution in [0.4, 0.5) is 0 Å². The smallest absolute Gasteiger partial charge is 0.328 e. The molecule has 0 spiro atoms. The zero-order valence-corrected chi connectivity index (χ0v) is 9.05. The molecular weight excluding hydrogens is 220 g/mol. The van der Waals surface area contributed by atoms with E-state index in [-0.39, 0.29) is 0 Å².